The van der Waals surface area contributed by atoms with Gasteiger partial charge in [0.15, 0.2) is 5.78 Å². The number of methoxy groups -OCH3 is 1. The van der Waals surface area contributed by atoms with Crippen LogP contribution in [-0.2, 0) is 16.8 Å². The average Bonchev–Trinajstić information content (AvgIpc) is 3.27. The topological polar surface area (TPSA) is 75.7 Å². The molecular weight excluding hydrogens is 364 g/mol. The van der Waals surface area contributed by atoms with Crippen molar-refractivity contribution in [2.24, 2.45) is 0 Å². The summed E-state index contributed by atoms with van der Waals surface area (Å²) in [4.78, 5) is 40.8. The van der Waals surface area contributed by atoms with Gasteiger partial charge in [-0.2, -0.15) is 0 Å². The summed E-state index contributed by atoms with van der Waals surface area (Å²) in [7, 11) is 1.56. The number of rotatable bonds is 7. The summed E-state index contributed by atoms with van der Waals surface area (Å²) in [5.41, 5.74) is -0.489. The lowest BCUT2D eigenvalue weighted by Gasteiger charge is -2.25. The zero-order valence-electron chi connectivity index (χ0n) is 15.6. The van der Waals surface area contributed by atoms with Crippen molar-refractivity contribution in [3.8, 4) is 5.75 Å². The SMILES string of the molecule is CCc1ccc(C(=O)CN2C(=O)N[C@](CC)(c3ccc(OC)cc3)C2=O)s1. The van der Waals surface area contributed by atoms with Crippen molar-refractivity contribution in [1.29, 1.82) is 0 Å². The van der Waals surface area contributed by atoms with Crippen LogP contribution in [-0.4, -0.2) is 36.3 Å². The predicted octanol–water partition coefficient (Wildman–Crippen LogP) is 3.36. The number of nitrogens with zero attached hydrogens (tertiary/aromatic N) is 1. The standard InChI is InChI=1S/C20H22N2O4S/c1-4-15-10-11-17(27-15)16(23)12-22-18(24)20(5-2,21-19(22)25)13-6-8-14(26-3)9-7-13/h6-11H,4-5,12H2,1-3H3,(H,21,25)/t20-/m1/s1. The number of ether oxygens (including phenoxy) is 1. The van der Waals surface area contributed by atoms with E-state index in [1.165, 1.54) is 11.3 Å². The van der Waals surface area contributed by atoms with Crippen LogP contribution in [0.25, 0.3) is 0 Å². The molecule has 1 fully saturated rings. The summed E-state index contributed by atoms with van der Waals surface area (Å²) >= 11 is 1.40. The largest absolute Gasteiger partial charge is 0.497 e. The quantitative estimate of drug-likeness (QED) is 0.585. The summed E-state index contributed by atoms with van der Waals surface area (Å²) in [6, 6.07) is 10.1. The Hall–Kier alpha value is -2.67. The number of ketones is 1. The van der Waals surface area contributed by atoms with Crippen molar-refractivity contribution in [3.05, 3.63) is 51.7 Å². The van der Waals surface area contributed by atoms with Crippen LogP contribution in [0.5, 0.6) is 5.75 Å². The molecule has 0 unspecified atom stereocenters. The number of Topliss-reactive ketones (excluding diaryl/α,β-unsaturated/α-hetero) is 1. The van der Waals surface area contributed by atoms with Crippen molar-refractivity contribution in [2.45, 2.75) is 32.2 Å². The Balaban J connectivity index is 1.84. The van der Waals surface area contributed by atoms with E-state index in [2.05, 4.69) is 5.32 Å². The Morgan fingerprint density at radius 3 is 2.41 bits per heavy atom. The maximum atomic E-state index is 13.1. The van der Waals surface area contributed by atoms with Gasteiger partial charge in [-0.1, -0.05) is 26.0 Å². The number of hydrogen-bond acceptors (Lipinski definition) is 5. The smallest absolute Gasteiger partial charge is 0.325 e. The maximum absolute atomic E-state index is 13.1. The number of hydrogen-bond donors (Lipinski definition) is 1. The predicted molar refractivity (Wildman–Crippen MR) is 103 cm³/mol. The zero-order chi connectivity index (χ0) is 19.6. The van der Waals surface area contributed by atoms with Crippen molar-refractivity contribution >= 4 is 29.1 Å². The van der Waals surface area contributed by atoms with Crippen LogP contribution in [0, 0.1) is 0 Å². The van der Waals surface area contributed by atoms with Gasteiger partial charge in [0.1, 0.15) is 11.3 Å². The number of imide groups is 1. The molecule has 27 heavy (non-hydrogen) atoms. The third-order valence-corrected chi connectivity index (χ3v) is 6.15. The number of nitrogens with one attached hydrogen (secondary N) is 1. The molecule has 1 N–H and O–H groups in total. The summed E-state index contributed by atoms with van der Waals surface area (Å²) in [5.74, 6) is 0.0313. The van der Waals surface area contributed by atoms with Gasteiger partial charge in [0.05, 0.1) is 18.5 Å². The van der Waals surface area contributed by atoms with Crippen LogP contribution in [0.15, 0.2) is 36.4 Å². The molecule has 0 radical (unpaired) electrons. The zero-order valence-corrected chi connectivity index (χ0v) is 16.4. The minimum absolute atomic E-state index is 0.232. The number of urea groups is 1. The van der Waals surface area contributed by atoms with Gasteiger partial charge in [0.2, 0.25) is 0 Å². The van der Waals surface area contributed by atoms with Crippen LogP contribution in [0.1, 0.15) is 40.4 Å². The van der Waals surface area contributed by atoms with E-state index in [4.69, 9.17) is 4.74 Å². The van der Waals surface area contributed by atoms with Gasteiger partial charge in [-0.15, -0.1) is 11.3 Å². The van der Waals surface area contributed by atoms with Gasteiger partial charge >= 0.3 is 6.03 Å². The first-order chi connectivity index (χ1) is 12.9. The van der Waals surface area contributed by atoms with Crippen molar-refractivity contribution < 1.29 is 19.1 Å². The molecule has 1 aliphatic heterocycles. The number of thiophene rings is 1. The molecule has 0 saturated carbocycles. The van der Waals surface area contributed by atoms with Gasteiger partial charge in [-0.3, -0.25) is 14.5 Å². The Bertz CT molecular complexity index is 874. The minimum Gasteiger partial charge on any atom is -0.497 e. The van der Waals surface area contributed by atoms with Crippen LogP contribution >= 0.6 is 11.3 Å². The van der Waals surface area contributed by atoms with Gasteiger partial charge in [-0.05, 0) is 42.7 Å². The molecule has 6 nitrogen and oxygen atoms in total. The highest BCUT2D eigenvalue weighted by Gasteiger charge is 2.51. The number of aryl methyl sites for hydroxylation is 1. The summed E-state index contributed by atoms with van der Waals surface area (Å²) in [6.45, 7) is 3.59. The molecule has 7 heteroatoms. The molecule has 142 valence electrons. The van der Waals surface area contributed by atoms with E-state index in [-0.39, 0.29) is 12.3 Å². The molecule has 1 saturated heterocycles. The van der Waals surface area contributed by atoms with Gasteiger partial charge < -0.3 is 10.1 Å². The second-order valence-corrected chi connectivity index (χ2v) is 7.52. The maximum Gasteiger partial charge on any atom is 0.325 e. The molecule has 1 aromatic heterocycles. The minimum atomic E-state index is -1.16. The van der Waals surface area contributed by atoms with E-state index in [1.807, 2.05) is 19.9 Å². The normalized spacial score (nSPS) is 19.3. The first kappa shape index (κ1) is 19.1. The van der Waals surface area contributed by atoms with Gasteiger partial charge in [0, 0.05) is 4.88 Å². The second kappa shape index (κ2) is 7.52. The van der Waals surface area contributed by atoms with Crippen LogP contribution in [0.3, 0.4) is 0 Å². The molecule has 1 atom stereocenters. The molecule has 2 aromatic rings. The van der Waals surface area contributed by atoms with E-state index < -0.39 is 17.5 Å². The van der Waals surface area contributed by atoms with E-state index >= 15 is 0 Å². The highest BCUT2D eigenvalue weighted by atomic mass is 32.1. The van der Waals surface area contributed by atoms with Crippen molar-refractivity contribution in [3.63, 3.8) is 0 Å². The average molecular weight is 386 g/mol. The second-order valence-electron chi connectivity index (χ2n) is 6.35. The number of amides is 3. The molecule has 0 spiro atoms. The van der Waals surface area contributed by atoms with E-state index in [0.717, 1.165) is 16.2 Å². The van der Waals surface area contributed by atoms with Gasteiger partial charge in [-0.25, -0.2) is 4.79 Å². The third kappa shape index (κ3) is 3.35. The van der Waals surface area contributed by atoms with E-state index in [9.17, 15) is 14.4 Å². The Labute approximate surface area is 162 Å². The third-order valence-electron chi connectivity index (χ3n) is 4.88. The van der Waals surface area contributed by atoms with Crippen LogP contribution in [0.2, 0.25) is 0 Å². The summed E-state index contributed by atoms with van der Waals surface area (Å²) in [5, 5.41) is 2.79. The molecule has 0 aliphatic carbocycles. The Morgan fingerprint density at radius 2 is 1.85 bits per heavy atom. The first-order valence-corrected chi connectivity index (χ1v) is 9.67. The molecule has 0 bridgehead atoms. The fourth-order valence-electron chi connectivity index (χ4n) is 3.22. The molecule has 2 heterocycles. The van der Waals surface area contributed by atoms with E-state index in [1.54, 1.807) is 37.4 Å². The fourth-order valence-corrected chi connectivity index (χ4v) is 4.10. The number of benzene rings is 1. The van der Waals surface area contributed by atoms with Gasteiger partial charge in [0.25, 0.3) is 5.91 Å². The van der Waals surface area contributed by atoms with Crippen LogP contribution in [0.4, 0.5) is 4.79 Å². The van der Waals surface area contributed by atoms with E-state index in [0.29, 0.717) is 22.6 Å². The molecular formula is C20H22N2O4S. The van der Waals surface area contributed by atoms with Crippen LogP contribution < -0.4 is 10.1 Å². The highest BCUT2D eigenvalue weighted by molar-refractivity contribution is 7.14. The number of carbonyl (C=O) groups excluding carboxylic acids is 3. The fraction of sp³-hybridized carbons (Fsp3) is 0.350. The van der Waals surface area contributed by atoms with Crippen molar-refractivity contribution in [1.82, 2.24) is 10.2 Å². The highest BCUT2D eigenvalue weighted by Crippen LogP contribution is 2.33. The molecule has 3 rings (SSSR count). The molecule has 3 amide bonds. The first-order valence-electron chi connectivity index (χ1n) is 8.85. The molecule has 1 aliphatic rings. The monoisotopic (exact) mass is 386 g/mol. The lowest BCUT2D eigenvalue weighted by molar-refractivity contribution is -0.131. The Morgan fingerprint density at radius 1 is 1.15 bits per heavy atom. The van der Waals surface area contributed by atoms with Crippen molar-refractivity contribution in [2.75, 3.05) is 13.7 Å². The lowest BCUT2D eigenvalue weighted by atomic mass is 9.87. The summed E-state index contributed by atoms with van der Waals surface area (Å²) < 4.78 is 5.15. The summed E-state index contributed by atoms with van der Waals surface area (Å²) in [6.07, 6.45) is 1.23. The lowest BCUT2D eigenvalue weighted by Crippen LogP contribution is -2.43. The molecule has 1 aromatic carbocycles. The Kier molecular flexibility index (Phi) is 5.32. The number of carbonyl (C=O) groups is 3.